The summed E-state index contributed by atoms with van der Waals surface area (Å²) in [7, 11) is 0. The predicted molar refractivity (Wildman–Crippen MR) is 72.7 cm³/mol. The Balaban J connectivity index is 1.75. The Kier molecular flexibility index (Phi) is 2.98. The molecular formula is C15H20N2O. The number of likely N-dealkylation sites (tertiary alicyclic amines) is 1. The molecule has 2 atom stereocenters. The molecule has 18 heavy (non-hydrogen) atoms. The standard InChI is InChI=1S/C15H20N2O/c1-2-11-7-8-17(10-11)15(18)13-9-16-14-6-4-3-5-12(13)14/h3-6,11,13,16H,2,7-10H2,1H3. The maximum Gasteiger partial charge on any atom is 0.231 e. The molecule has 0 spiro atoms. The molecule has 3 nitrogen and oxygen atoms in total. The van der Waals surface area contributed by atoms with Crippen molar-refractivity contribution in [1.82, 2.24) is 4.90 Å². The molecular weight excluding hydrogens is 224 g/mol. The van der Waals surface area contributed by atoms with E-state index in [2.05, 4.69) is 29.3 Å². The highest BCUT2D eigenvalue weighted by Crippen LogP contribution is 2.33. The molecule has 0 aromatic heterocycles. The van der Waals surface area contributed by atoms with Crippen molar-refractivity contribution in [2.75, 3.05) is 25.0 Å². The Hall–Kier alpha value is -1.51. The topological polar surface area (TPSA) is 32.3 Å². The number of benzene rings is 1. The Morgan fingerprint density at radius 2 is 2.28 bits per heavy atom. The van der Waals surface area contributed by atoms with E-state index >= 15 is 0 Å². The molecule has 2 unspecified atom stereocenters. The number of hydrogen-bond donors (Lipinski definition) is 1. The Bertz CT molecular complexity index is 458. The second-order valence-electron chi connectivity index (χ2n) is 5.37. The molecule has 0 saturated carbocycles. The molecule has 0 aliphatic carbocycles. The first kappa shape index (κ1) is 11.6. The van der Waals surface area contributed by atoms with Crippen LogP contribution in [0.25, 0.3) is 0 Å². The van der Waals surface area contributed by atoms with Gasteiger partial charge in [0.2, 0.25) is 5.91 Å². The second-order valence-corrected chi connectivity index (χ2v) is 5.37. The smallest absolute Gasteiger partial charge is 0.231 e. The number of amides is 1. The van der Waals surface area contributed by atoms with Gasteiger partial charge in [0.15, 0.2) is 0 Å². The lowest BCUT2D eigenvalue weighted by molar-refractivity contribution is -0.131. The first-order valence-electron chi connectivity index (χ1n) is 6.91. The van der Waals surface area contributed by atoms with Crippen LogP contribution >= 0.6 is 0 Å². The van der Waals surface area contributed by atoms with E-state index in [1.807, 2.05) is 12.1 Å². The molecule has 1 fully saturated rings. The first-order valence-corrected chi connectivity index (χ1v) is 6.91. The van der Waals surface area contributed by atoms with E-state index in [0.29, 0.717) is 11.8 Å². The number of anilines is 1. The van der Waals surface area contributed by atoms with Crippen molar-refractivity contribution in [3.8, 4) is 0 Å². The molecule has 0 radical (unpaired) electrons. The van der Waals surface area contributed by atoms with Crippen LogP contribution in [0.3, 0.4) is 0 Å². The summed E-state index contributed by atoms with van der Waals surface area (Å²) in [6.45, 7) is 4.86. The van der Waals surface area contributed by atoms with Gasteiger partial charge in [0.25, 0.3) is 0 Å². The Morgan fingerprint density at radius 3 is 3.06 bits per heavy atom. The predicted octanol–water partition coefficient (Wildman–Crippen LogP) is 2.45. The fourth-order valence-electron chi connectivity index (χ4n) is 3.09. The third-order valence-electron chi connectivity index (χ3n) is 4.31. The fraction of sp³-hybridized carbons (Fsp3) is 0.533. The lowest BCUT2D eigenvalue weighted by Crippen LogP contribution is -2.34. The van der Waals surface area contributed by atoms with Crippen LogP contribution in [0.5, 0.6) is 0 Å². The van der Waals surface area contributed by atoms with Crippen LogP contribution < -0.4 is 5.32 Å². The number of carbonyl (C=O) groups is 1. The minimum Gasteiger partial charge on any atom is -0.384 e. The van der Waals surface area contributed by atoms with E-state index in [9.17, 15) is 4.79 Å². The molecule has 2 heterocycles. The molecule has 1 amide bonds. The molecule has 0 bridgehead atoms. The molecule has 1 aromatic carbocycles. The molecule has 1 N–H and O–H groups in total. The van der Waals surface area contributed by atoms with E-state index < -0.39 is 0 Å². The van der Waals surface area contributed by atoms with Crippen molar-refractivity contribution < 1.29 is 4.79 Å². The number of hydrogen-bond acceptors (Lipinski definition) is 2. The highest BCUT2D eigenvalue weighted by molar-refractivity contribution is 5.88. The molecule has 1 aromatic rings. The van der Waals surface area contributed by atoms with Crippen LogP contribution in [0.1, 0.15) is 31.2 Å². The maximum atomic E-state index is 12.6. The summed E-state index contributed by atoms with van der Waals surface area (Å²) >= 11 is 0. The first-order chi connectivity index (χ1) is 8.79. The number of para-hydroxylation sites is 1. The van der Waals surface area contributed by atoms with Gasteiger partial charge < -0.3 is 10.2 Å². The van der Waals surface area contributed by atoms with Crippen molar-refractivity contribution in [3.05, 3.63) is 29.8 Å². The van der Waals surface area contributed by atoms with Gasteiger partial charge in [0.05, 0.1) is 5.92 Å². The number of nitrogens with one attached hydrogen (secondary N) is 1. The van der Waals surface area contributed by atoms with Crippen LogP contribution in [-0.4, -0.2) is 30.4 Å². The minimum atomic E-state index is 0.0248. The molecule has 3 heteroatoms. The average molecular weight is 244 g/mol. The zero-order valence-corrected chi connectivity index (χ0v) is 10.9. The van der Waals surface area contributed by atoms with E-state index in [0.717, 1.165) is 25.3 Å². The monoisotopic (exact) mass is 244 g/mol. The van der Waals surface area contributed by atoms with Crippen LogP contribution in [0.15, 0.2) is 24.3 Å². The fourth-order valence-corrected chi connectivity index (χ4v) is 3.09. The van der Waals surface area contributed by atoms with Gasteiger partial charge in [0.1, 0.15) is 0 Å². The summed E-state index contributed by atoms with van der Waals surface area (Å²) in [6.07, 6.45) is 2.35. The van der Waals surface area contributed by atoms with Crippen LogP contribution in [0, 0.1) is 5.92 Å². The highest BCUT2D eigenvalue weighted by atomic mass is 16.2. The van der Waals surface area contributed by atoms with Crippen LogP contribution in [0.4, 0.5) is 5.69 Å². The average Bonchev–Trinajstić information content (AvgIpc) is 3.04. The molecule has 3 rings (SSSR count). The lowest BCUT2D eigenvalue weighted by Gasteiger charge is -2.20. The zero-order valence-electron chi connectivity index (χ0n) is 10.9. The SMILES string of the molecule is CCC1CCN(C(=O)C2CNc3ccccc32)C1. The summed E-state index contributed by atoms with van der Waals surface area (Å²) < 4.78 is 0. The number of fused-ring (bicyclic) bond motifs is 1. The van der Waals surface area contributed by atoms with Gasteiger partial charge in [-0.2, -0.15) is 0 Å². The third kappa shape index (κ3) is 1.88. The summed E-state index contributed by atoms with van der Waals surface area (Å²) in [5.74, 6) is 1.04. The largest absolute Gasteiger partial charge is 0.384 e. The van der Waals surface area contributed by atoms with Gasteiger partial charge in [-0.1, -0.05) is 31.5 Å². The van der Waals surface area contributed by atoms with Crippen molar-refractivity contribution >= 4 is 11.6 Å². The van der Waals surface area contributed by atoms with Gasteiger partial charge in [-0.15, -0.1) is 0 Å². The van der Waals surface area contributed by atoms with Gasteiger partial charge in [-0.25, -0.2) is 0 Å². The van der Waals surface area contributed by atoms with E-state index in [4.69, 9.17) is 0 Å². The maximum absolute atomic E-state index is 12.6. The summed E-state index contributed by atoms with van der Waals surface area (Å²) in [5.41, 5.74) is 2.30. The van der Waals surface area contributed by atoms with Crippen molar-refractivity contribution in [2.45, 2.75) is 25.7 Å². The van der Waals surface area contributed by atoms with Gasteiger partial charge >= 0.3 is 0 Å². The van der Waals surface area contributed by atoms with E-state index in [1.165, 1.54) is 18.4 Å². The zero-order chi connectivity index (χ0) is 12.5. The van der Waals surface area contributed by atoms with Gasteiger partial charge in [0, 0.05) is 25.3 Å². The van der Waals surface area contributed by atoms with Gasteiger partial charge in [-0.05, 0) is 24.0 Å². The lowest BCUT2D eigenvalue weighted by atomic mass is 10.00. The van der Waals surface area contributed by atoms with Crippen LogP contribution in [-0.2, 0) is 4.79 Å². The van der Waals surface area contributed by atoms with E-state index in [-0.39, 0.29) is 5.92 Å². The van der Waals surface area contributed by atoms with Gasteiger partial charge in [-0.3, -0.25) is 4.79 Å². The Labute approximate surface area is 108 Å². The minimum absolute atomic E-state index is 0.0248. The number of nitrogens with zero attached hydrogens (tertiary/aromatic N) is 1. The summed E-state index contributed by atoms with van der Waals surface area (Å²) in [4.78, 5) is 14.6. The highest BCUT2D eigenvalue weighted by Gasteiger charge is 2.34. The number of carbonyl (C=O) groups excluding carboxylic acids is 1. The van der Waals surface area contributed by atoms with Crippen molar-refractivity contribution in [3.63, 3.8) is 0 Å². The normalized spacial score (nSPS) is 25.9. The molecule has 96 valence electrons. The molecule has 2 aliphatic heterocycles. The summed E-state index contributed by atoms with van der Waals surface area (Å²) in [6, 6.07) is 8.17. The Morgan fingerprint density at radius 1 is 1.44 bits per heavy atom. The summed E-state index contributed by atoms with van der Waals surface area (Å²) in [5, 5.41) is 3.33. The quantitative estimate of drug-likeness (QED) is 0.866. The second kappa shape index (κ2) is 4.63. The van der Waals surface area contributed by atoms with Crippen molar-refractivity contribution in [1.29, 1.82) is 0 Å². The van der Waals surface area contributed by atoms with E-state index in [1.54, 1.807) is 0 Å². The van der Waals surface area contributed by atoms with Crippen molar-refractivity contribution in [2.24, 2.45) is 5.92 Å². The molecule has 1 saturated heterocycles. The number of rotatable bonds is 2. The molecule has 2 aliphatic rings. The third-order valence-corrected chi connectivity index (χ3v) is 4.31. The van der Waals surface area contributed by atoms with Crippen LogP contribution in [0.2, 0.25) is 0 Å².